The minimum Gasteiger partial charge on any atom is -0.371 e. The second kappa shape index (κ2) is 13.0. The number of hydrogen-bond donors (Lipinski definition) is 3. The molecule has 2 aliphatic heterocycles. The van der Waals surface area contributed by atoms with Gasteiger partial charge in [-0.15, -0.1) is 0 Å². The number of aromatic nitrogens is 6. The third kappa shape index (κ3) is 6.35. The summed E-state index contributed by atoms with van der Waals surface area (Å²) >= 11 is 0. The molecule has 14 heteroatoms. The van der Waals surface area contributed by atoms with E-state index in [-0.39, 0.29) is 36.2 Å². The number of aryl methyl sites for hydroxylation is 1. The molecular formula is C33H35FN10O3. The van der Waals surface area contributed by atoms with Crippen LogP contribution in [0.4, 0.5) is 10.2 Å². The Labute approximate surface area is 269 Å². The standard InChI is InChI=1S/C33H35FN10O3/c1-42-32(21-9-13-43(14-10-21)18-27(35)45)30(31(41-42)20-2-4-22(34)5-3-20)25-6-7-29-38-28(19-44(29)40-25)39-33(46)23-8-11-36-16-24(23)26-17-37-12-15-47-26/h2-8,11,16,19,21,26,37H,9-10,12-15,17-18H2,1H3,(H2,35,45)(H,39,46). The first kappa shape index (κ1) is 30.6. The zero-order valence-electron chi connectivity index (χ0n) is 25.9. The van der Waals surface area contributed by atoms with Gasteiger partial charge in [-0.1, -0.05) is 0 Å². The summed E-state index contributed by atoms with van der Waals surface area (Å²) in [6.07, 6.45) is 6.26. The first-order valence-corrected chi connectivity index (χ1v) is 15.6. The summed E-state index contributed by atoms with van der Waals surface area (Å²) in [4.78, 5) is 35.8. The van der Waals surface area contributed by atoms with Crippen LogP contribution in [0.1, 0.15) is 46.5 Å². The summed E-state index contributed by atoms with van der Waals surface area (Å²) < 4.78 is 23.3. The first-order valence-electron chi connectivity index (χ1n) is 15.6. The van der Waals surface area contributed by atoms with Crippen LogP contribution in [0.2, 0.25) is 0 Å². The maximum absolute atomic E-state index is 13.9. The third-order valence-corrected chi connectivity index (χ3v) is 8.75. The molecule has 0 spiro atoms. The van der Waals surface area contributed by atoms with E-state index < -0.39 is 0 Å². The molecule has 47 heavy (non-hydrogen) atoms. The van der Waals surface area contributed by atoms with Crippen LogP contribution in [-0.2, 0) is 16.6 Å². The number of carbonyl (C=O) groups excluding carboxylic acids is 2. The molecule has 242 valence electrons. The Balaban J connectivity index is 1.21. The highest BCUT2D eigenvalue weighted by Gasteiger charge is 2.30. The average Bonchev–Trinajstić information content (AvgIpc) is 3.65. The molecule has 1 aromatic carbocycles. The molecule has 0 aliphatic carbocycles. The van der Waals surface area contributed by atoms with Crippen molar-refractivity contribution in [3.8, 4) is 22.5 Å². The van der Waals surface area contributed by atoms with Gasteiger partial charge >= 0.3 is 0 Å². The fourth-order valence-electron chi connectivity index (χ4n) is 6.55. The minimum atomic E-state index is -0.339. The van der Waals surface area contributed by atoms with Gasteiger partial charge in [0.2, 0.25) is 5.91 Å². The molecule has 1 atom stereocenters. The molecule has 13 nitrogen and oxygen atoms in total. The highest BCUT2D eigenvalue weighted by atomic mass is 19.1. The van der Waals surface area contributed by atoms with Crippen LogP contribution in [0.25, 0.3) is 28.2 Å². The summed E-state index contributed by atoms with van der Waals surface area (Å²) in [7, 11) is 1.91. The van der Waals surface area contributed by atoms with Crippen molar-refractivity contribution in [3.63, 3.8) is 0 Å². The number of hydrogen-bond acceptors (Lipinski definition) is 9. The molecule has 6 heterocycles. The van der Waals surface area contributed by atoms with Crippen LogP contribution in [0.5, 0.6) is 0 Å². The van der Waals surface area contributed by atoms with Crippen molar-refractivity contribution in [2.75, 3.05) is 44.6 Å². The normalized spacial score (nSPS) is 17.6. The molecule has 0 radical (unpaired) electrons. The number of morpholine rings is 1. The number of pyridine rings is 1. The van der Waals surface area contributed by atoms with Gasteiger partial charge < -0.3 is 21.1 Å². The molecule has 0 bridgehead atoms. The number of nitrogens with one attached hydrogen (secondary N) is 2. The highest BCUT2D eigenvalue weighted by molar-refractivity contribution is 6.05. The number of anilines is 1. The Morgan fingerprint density at radius 2 is 1.91 bits per heavy atom. The van der Waals surface area contributed by atoms with Crippen LogP contribution in [0.15, 0.2) is 61.1 Å². The van der Waals surface area contributed by atoms with E-state index in [1.807, 2.05) is 23.9 Å². The van der Waals surface area contributed by atoms with Gasteiger partial charge in [-0.3, -0.25) is 24.2 Å². The maximum atomic E-state index is 13.9. The number of fused-ring (bicyclic) bond motifs is 1. The third-order valence-electron chi connectivity index (χ3n) is 8.75. The number of imidazole rings is 1. The number of likely N-dealkylation sites (tertiary alicyclic amines) is 1. The molecule has 0 saturated carbocycles. The summed E-state index contributed by atoms with van der Waals surface area (Å²) in [6, 6.07) is 11.7. The first-order chi connectivity index (χ1) is 22.8. The van der Waals surface area contributed by atoms with E-state index >= 15 is 0 Å². The van der Waals surface area contributed by atoms with Gasteiger partial charge in [0.25, 0.3) is 5.91 Å². The predicted molar refractivity (Wildman–Crippen MR) is 172 cm³/mol. The second-order valence-electron chi connectivity index (χ2n) is 11.9. The van der Waals surface area contributed by atoms with Gasteiger partial charge in [-0.2, -0.15) is 10.2 Å². The number of ether oxygens (including phenoxy) is 1. The average molecular weight is 639 g/mol. The largest absolute Gasteiger partial charge is 0.371 e. The Bertz CT molecular complexity index is 1920. The van der Waals surface area contributed by atoms with Crippen molar-refractivity contribution < 1.29 is 18.7 Å². The quantitative estimate of drug-likeness (QED) is 0.232. The lowest BCUT2D eigenvalue weighted by atomic mass is 9.88. The summed E-state index contributed by atoms with van der Waals surface area (Å²) in [5, 5.41) is 16.0. The zero-order chi connectivity index (χ0) is 32.5. The Hall–Kier alpha value is -5.05. The van der Waals surface area contributed by atoms with E-state index in [0.29, 0.717) is 47.1 Å². The lowest BCUT2D eigenvalue weighted by Gasteiger charge is -2.31. The van der Waals surface area contributed by atoms with Crippen molar-refractivity contribution >= 4 is 23.3 Å². The van der Waals surface area contributed by atoms with Gasteiger partial charge in [0.05, 0.1) is 42.4 Å². The molecule has 1 unspecified atom stereocenters. The molecule has 5 aromatic rings. The topological polar surface area (TPSA) is 158 Å². The highest BCUT2D eigenvalue weighted by Crippen LogP contribution is 2.40. The van der Waals surface area contributed by atoms with Crippen LogP contribution in [0.3, 0.4) is 0 Å². The van der Waals surface area contributed by atoms with Crippen molar-refractivity contribution in [2.24, 2.45) is 12.8 Å². The van der Waals surface area contributed by atoms with E-state index in [1.165, 1.54) is 12.1 Å². The van der Waals surface area contributed by atoms with Crippen molar-refractivity contribution in [2.45, 2.75) is 24.9 Å². The van der Waals surface area contributed by atoms with Crippen LogP contribution in [-0.4, -0.2) is 85.4 Å². The van der Waals surface area contributed by atoms with Crippen LogP contribution >= 0.6 is 0 Å². The van der Waals surface area contributed by atoms with Crippen molar-refractivity contribution in [1.29, 1.82) is 0 Å². The molecule has 2 aliphatic rings. The summed E-state index contributed by atoms with van der Waals surface area (Å²) in [5.74, 6) is -0.502. The van der Waals surface area contributed by atoms with Crippen molar-refractivity contribution in [1.82, 2.24) is 39.6 Å². The number of primary amides is 1. The van der Waals surface area contributed by atoms with E-state index in [0.717, 1.165) is 49.3 Å². The van der Waals surface area contributed by atoms with Crippen LogP contribution in [0, 0.1) is 5.82 Å². The van der Waals surface area contributed by atoms with Gasteiger partial charge in [-0.05, 0) is 68.4 Å². The fraction of sp³-hybridized carbons (Fsp3) is 0.333. The van der Waals surface area contributed by atoms with Crippen molar-refractivity contribution in [3.05, 3.63) is 83.7 Å². The molecular weight excluding hydrogens is 603 g/mol. The Morgan fingerprint density at radius 1 is 1.11 bits per heavy atom. The number of carbonyl (C=O) groups is 2. The monoisotopic (exact) mass is 638 g/mol. The number of nitrogens with zero attached hydrogens (tertiary/aromatic N) is 7. The SMILES string of the molecule is Cn1nc(-c2ccc(F)cc2)c(-c2ccc3nc(NC(=O)c4ccncc4C4CNCCO4)cn3n2)c1C1CCN(CC(N)=O)CC1. The molecule has 2 amide bonds. The molecule has 2 saturated heterocycles. The molecule has 2 fully saturated rings. The van der Waals surface area contributed by atoms with Gasteiger partial charge in [-0.25, -0.2) is 13.9 Å². The van der Waals surface area contributed by atoms with Crippen LogP contribution < -0.4 is 16.4 Å². The number of amides is 2. The zero-order valence-corrected chi connectivity index (χ0v) is 25.9. The van der Waals surface area contributed by atoms with Gasteiger partial charge in [0.1, 0.15) is 11.5 Å². The van der Waals surface area contributed by atoms with E-state index in [9.17, 15) is 14.0 Å². The lowest BCUT2D eigenvalue weighted by Crippen LogP contribution is -2.39. The smallest absolute Gasteiger partial charge is 0.257 e. The Morgan fingerprint density at radius 3 is 2.66 bits per heavy atom. The molecule has 4 aromatic heterocycles. The summed E-state index contributed by atoms with van der Waals surface area (Å²) in [5.41, 5.74) is 11.1. The van der Waals surface area contributed by atoms with Gasteiger partial charge in [0, 0.05) is 55.1 Å². The number of halogens is 1. The van der Waals surface area contributed by atoms with E-state index in [1.54, 1.807) is 41.3 Å². The van der Waals surface area contributed by atoms with E-state index in [2.05, 4.69) is 25.5 Å². The Kier molecular flexibility index (Phi) is 8.45. The predicted octanol–water partition coefficient (Wildman–Crippen LogP) is 2.91. The maximum Gasteiger partial charge on any atom is 0.257 e. The summed E-state index contributed by atoms with van der Waals surface area (Å²) in [6.45, 7) is 3.59. The number of rotatable bonds is 8. The van der Waals surface area contributed by atoms with E-state index in [4.69, 9.17) is 20.7 Å². The number of nitrogens with two attached hydrogens (primary N) is 1. The molecule has 7 rings (SSSR count). The fourth-order valence-corrected chi connectivity index (χ4v) is 6.55. The number of benzene rings is 1. The number of piperidine rings is 1. The lowest BCUT2D eigenvalue weighted by molar-refractivity contribution is -0.119. The van der Waals surface area contributed by atoms with Gasteiger partial charge in [0.15, 0.2) is 11.5 Å². The second-order valence-corrected chi connectivity index (χ2v) is 11.9. The minimum absolute atomic E-state index is 0.147. The molecule has 4 N–H and O–H groups in total.